The van der Waals surface area contributed by atoms with Gasteiger partial charge in [0.2, 0.25) is 0 Å². The molecule has 0 radical (unpaired) electrons. The van der Waals surface area contributed by atoms with Crippen LogP contribution in [0.25, 0.3) is 0 Å². The molecule has 0 bridgehead atoms. The van der Waals surface area contributed by atoms with Crippen LogP contribution < -0.4 is 0 Å². The first-order chi connectivity index (χ1) is 4.20. The Bertz CT molecular complexity index is 233. The number of aromatic nitrogens is 2. The quantitative estimate of drug-likeness (QED) is 0.417. The first kappa shape index (κ1) is 6.46. The summed E-state index contributed by atoms with van der Waals surface area (Å²) in [5, 5.41) is 13.6. The average Bonchev–Trinajstić information content (AvgIpc) is 2.14. The van der Waals surface area contributed by atoms with E-state index < -0.39 is 4.92 Å². The van der Waals surface area contributed by atoms with Crippen molar-refractivity contribution in [3.05, 3.63) is 22.5 Å². The first-order valence-electron chi connectivity index (χ1n) is 2.05. The highest BCUT2D eigenvalue weighted by atomic mass is 127. The number of nitrogens with zero attached hydrogens (tertiary/aromatic N) is 3. The van der Waals surface area contributed by atoms with Crippen molar-refractivity contribution < 1.29 is 4.92 Å². The number of hydrogen-bond donors (Lipinski definition) is 0. The zero-order valence-corrected chi connectivity index (χ0v) is 6.35. The van der Waals surface area contributed by atoms with E-state index in [1.54, 1.807) is 0 Å². The van der Waals surface area contributed by atoms with E-state index in [4.69, 9.17) is 0 Å². The molecule has 1 aromatic rings. The molecule has 0 aliphatic heterocycles. The smallest absolute Gasteiger partial charge is 0.258 e. The summed E-state index contributed by atoms with van der Waals surface area (Å²) >= 11 is 1.84. The summed E-state index contributed by atoms with van der Waals surface area (Å²) in [6, 6.07) is 0. The molecule has 0 saturated heterocycles. The van der Waals surface area contributed by atoms with Gasteiger partial charge in [0.05, 0.1) is 27.8 Å². The zero-order chi connectivity index (χ0) is 6.85. The summed E-state index contributed by atoms with van der Waals surface area (Å²) in [6.07, 6.45) is 2.53. The monoisotopic (exact) mass is 239 g/mol. The lowest BCUT2D eigenvalue weighted by Gasteiger charge is -1.77. The summed E-state index contributed by atoms with van der Waals surface area (Å²) in [6.45, 7) is 0. The minimum atomic E-state index is -0.484. The fraction of sp³-hybridized carbons (Fsp3) is 0. The topological polar surface area (TPSA) is 61.0 Å². The van der Waals surface area contributed by atoms with Crippen LogP contribution in [0, 0.1) is 10.1 Å². The molecular weight excluding hydrogens is 237 g/mol. The lowest BCUT2D eigenvalue weighted by atomic mass is 10.6. The largest absolute Gasteiger partial charge is 0.307 e. The molecule has 5 nitrogen and oxygen atoms in total. The second-order valence-electron chi connectivity index (χ2n) is 1.34. The lowest BCUT2D eigenvalue weighted by Crippen LogP contribution is -1.82. The van der Waals surface area contributed by atoms with Crippen LogP contribution in [0.5, 0.6) is 0 Å². The minimum absolute atomic E-state index is 0.0180. The average molecular weight is 239 g/mol. The van der Waals surface area contributed by atoms with Crippen molar-refractivity contribution in [3.63, 3.8) is 0 Å². The van der Waals surface area contributed by atoms with Crippen LogP contribution in [-0.4, -0.2) is 12.9 Å². The second kappa shape index (κ2) is 2.29. The van der Waals surface area contributed by atoms with Gasteiger partial charge in [0, 0.05) is 0 Å². The maximum atomic E-state index is 9.96. The SMILES string of the molecule is O=[N+]([O-])c1cnn(I)c1. The Morgan fingerprint density at radius 2 is 2.56 bits per heavy atom. The molecule has 0 aromatic carbocycles. The highest BCUT2D eigenvalue weighted by Gasteiger charge is 2.05. The molecule has 1 heterocycles. The van der Waals surface area contributed by atoms with Gasteiger partial charge >= 0.3 is 5.69 Å². The van der Waals surface area contributed by atoms with E-state index in [0.29, 0.717) is 0 Å². The Hall–Kier alpha value is -0.660. The molecule has 1 aromatic heterocycles. The highest BCUT2D eigenvalue weighted by molar-refractivity contribution is 14.1. The zero-order valence-electron chi connectivity index (χ0n) is 4.19. The number of hydrogen-bond acceptors (Lipinski definition) is 3. The Labute approximate surface area is 64.3 Å². The van der Waals surface area contributed by atoms with Crippen LogP contribution >= 0.6 is 22.9 Å². The van der Waals surface area contributed by atoms with Gasteiger partial charge in [-0.15, -0.1) is 0 Å². The standard InChI is InChI=1S/C3H2IN3O2/c4-6-2-3(1-5-6)7(8)9/h1-2H. The Kier molecular flexibility index (Phi) is 1.65. The van der Waals surface area contributed by atoms with Crippen LogP contribution in [-0.2, 0) is 0 Å². The van der Waals surface area contributed by atoms with Crippen LogP contribution in [0.4, 0.5) is 5.69 Å². The van der Waals surface area contributed by atoms with Gasteiger partial charge in [-0.05, 0) is 0 Å². The molecule has 48 valence electrons. The number of rotatable bonds is 1. The van der Waals surface area contributed by atoms with Crippen molar-refractivity contribution in [1.29, 1.82) is 0 Å². The molecule has 0 fully saturated rings. The van der Waals surface area contributed by atoms with Crippen molar-refractivity contribution >= 4 is 28.6 Å². The van der Waals surface area contributed by atoms with Gasteiger partial charge in [-0.1, -0.05) is 0 Å². The van der Waals surface area contributed by atoms with Gasteiger partial charge in [-0.2, -0.15) is 5.10 Å². The number of halogens is 1. The van der Waals surface area contributed by atoms with Crippen molar-refractivity contribution in [3.8, 4) is 0 Å². The van der Waals surface area contributed by atoms with E-state index in [9.17, 15) is 10.1 Å². The maximum Gasteiger partial charge on any atom is 0.307 e. The van der Waals surface area contributed by atoms with Crippen LogP contribution in [0.15, 0.2) is 12.4 Å². The van der Waals surface area contributed by atoms with E-state index >= 15 is 0 Å². The van der Waals surface area contributed by atoms with Crippen molar-refractivity contribution in [2.75, 3.05) is 0 Å². The van der Waals surface area contributed by atoms with Gasteiger partial charge in [0.25, 0.3) is 0 Å². The molecule has 0 saturated carbocycles. The molecule has 0 aliphatic rings. The summed E-state index contributed by atoms with van der Waals surface area (Å²) in [4.78, 5) is 9.48. The van der Waals surface area contributed by atoms with Gasteiger partial charge in [-0.25, -0.2) is 2.90 Å². The van der Waals surface area contributed by atoms with Gasteiger partial charge < -0.3 is 0 Å². The molecule has 0 amide bonds. The Balaban J connectivity index is 2.98. The van der Waals surface area contributed by atoms with Gasteiger partial charge in [0.1, 0.15) is 12.4 Å². The van der Waals surface area contributed by atoms with Crippen LogP contribution in [0.2, 0.25) is 0 Å². The third-order valence-electron chi connectivity index (χ3n) is 0.750. The fourth-order valence-electron chi connectivity index (χ4n) is 0.384. The molecule has 6 heteroatoms. The summed E-state index contributed by atoms with van der Waals surface area (Å²) in [5.41, 5.74) is 0.0180. The van der Waals surface area contributed by atoms with Crippen molar-refractivity contribution in [2.45, 2.75) is 0 Å². The molecule has 1 rings (SSSR count). The summed E-state index contributed by atoms with van der Waals surface area (Å²) in [7, 11) is 0. The molecular formula is C3H2IN3O2. The van der Waals surface area contributed by atoms with Gasteiger partial charge in [0.15, 0.2) is 0 Å². The molecule has 0 atom stereocenters. The van der Waals surface area contributed by atoms with Crippen LogP contribution in [0.3, 0.4) is 0 Å². The Morgan fingerprint density at radius 3 is 2.78 bits per heavy atom. The number of nitro groups is 1. The third kappa shape index (κ3) is 1.37. The van der Waals surface area contributed by atoms with Crippen LogP contribution in [0.1, 0.15) is 0 Å². The molecule has 0 spiro atoms. The van der Waals surface area contributed by atoms with E-state index in [1.165, 1.54) is 15.3 Å². The van der Waals surface area contributed by atoms with Crippen molar-refractivity contribution in [1.82, 2.24) is 7.99 Å². The van der Waals surface area contributed by atoms with E-state index in [2.05, 4.69) is 5.10 Å². The predicted molar refractivity (Wildman–Crippen MR) is 38.3 cm³/mol. The van der Waals surface area contributed by atoms with E-state index in [-0.39, 0.29) is 5.69 Å². The minimum Gasteiger partial charge on any atom is -0.258 e. The maximum absolute atomic E-state index is 9.96. The second-order valence-corrected chi connectivity index (χ2v) is 2.33. The fourth-order valence-corrected chi connectivity index (χ4v) is 0.794. The summed E-state index contributed by atoms with van der Waals surface area (Å²) < 4.78 is 1.36. The normalized spacial score (nSPS) is 9.44. The first-order valence-corrected chi connectivity index (χ1v) is 3.02. The molecule has 0 unspecified atom stereocenters. The predicted octanol–water partition coefficient (Wildman–Crippen LogP) is 0.989. The molecule has 9 heavy (non-hydrogen) atoms. The van der Waals surface area contributed by atoms with Crippen molar-refractivity contribution in [2.24, 2.45) is 0 Å². The lowest BCUT2D eigenvalue weighted by molar-refractivity contribution is -0.384. The molecule has 0 N–H and O–H groups in total. The van der Waals surface area contributed by atoms with E-state index in [1.807, 2.05) is 22.9 Å². The molecule has 0 aliphatic carbocycles. The van der Waals surface area contributed by atoms with E-state index in [0.717, 1.165) is 0 Å². The highest BCUT2D eigenvalue weighted by Crippen LogP contribution is 2.08. The van der Waals surface area contributed by atoms with Gasteiger partial charge in [-0.3, -0.25) is 10.1 Å². The summed E-state index contributed by atoms with van der Waals surface area (Å²) in [5.74, 6) is 0. The Morgan fingerprint density at radius 1 is 1.89 bits per heavy atom. The third-order valence-corrected chi connectivity index (χ3v) is 1.28.